The van der Waals surface area contributed by atoms with Crippen molar-refractivity contribution in [2.75, 3.05) is 17.3 Å². The van der Waals surface area contributed by atoms with Crippen molar-refractivity contribution >= 4 is 40.9 Å². The predicted molar refractivity (Wildman–Crippen MR) is 99.2 cm³/mol. The van der Waals surface area contributed by atoms with Gasteiger partial charge in [0.25, 0.3) is 11.8 Å². The van der Waals surface area contributed by atoms with Crippen molar-refractivity contribution < 1.29 is 14.4 Å². The molecule has 2 heterocycles. The second-order valence-electron chi connectivity index (χ2n) is 6.22. The van der Waals surface area contributed by atoms with Gasteiger partial charge < -0.3 is 16.0 Å². The molecule has 0 bridgehead atoms. The summed E-state index contributed by atoms with van der Waals surface area (Å²) in [7, 11) is 3.28. The number of amides is 3. The summed E-state index contributed by atoms with van der Waals surface area (Å²) in [4.78, 5) is 39.8. The molecule has 3 amide bonds. The fraction of sp³-hybridized carbons (Fsp3) is 0.294. The first-order valence-corrected chi connectivity index (χ1v) is 8.69. The minimum atomic E-state index is -1.39. The maximum absolute atomic E-state index is 13.0. The molecule has 3 N–H and O–H groups in total. The highest BCUT2D eigenvalue weighted by atomic mass is 32.2. The van der Waals surface area contributed by atoms with E-state index in [2.05, 4.69) is 10.4 Å². The highest BCUT2D eigenvalue weighted by molar-refractivity contribution is 8.02. The van der Waals surface area contributed by atoms with Gasteiger partial charge in [0.15, 0.2) is 10.4 Å². The monoisotopic (exact) mass is 373 g/mol. The maximum atomic E-state index is 13.0. The summed E-state index contributed by atoms with van der Waals surface area (Å²) in [6, 6.07) is 7.38. The molecular weight excluding hydrogens is 354 g/mol. The van der Waals surface area contributed by atoms with E-state index in [9.17, 15) is 14.4 Å². The van der Waals surface area contributed by atoms with Crippen molar-refractivity contribution in [2.24, 2.45) is 12.8 Å². The quantitative estimate of drug-likeness (QED) is 0.788. The topological polar surface area (TPSA) is 110 Å². The summed E-state index contributed by atoms with van der Waals surface area (Å²) < 4.78 is 0.0651. The highest BCUT2D eigenvalue weighted by Crippen LogP contribution is 2.45. The zero-order valence-corrected chi connectivity index (χ0v) is 15.7. The fourth-order valence-electron chi connectivity index (χ4n) is 2.82. The molecule has 0 spiro atoms. The minimum Gasteiger partial charge on any atom is -0.364 e. The van der Waals surface area contributed by atoms with Gasteiger partial charge in [-0.2, -0.15) is 5.10 Å². The lowest BCUT2D eigenvalue weighted by Gasteiger charge is -2.36. The van der Waals surface area contributed by atoms with Gasteiger partial charge in [0, 0.05) is 19.0 Å². The average molecular weight is 373 g/mol. The van der Waals surface area contributed by atoms with Crippen LogP contribution >= 0.6 is 11.8 Å². The van der Waals surface area contributed by atoms with Crippen LogP contribution < -0.4 is 16.0 Å². The number of benzene rings is 1. The molecule has 1 unspecified atom stereocenters. The van der Waals surface area contributed by atoms with E-state index < -0.39 is 16.6 Å². The molecule has 0 radical (unpaired) electrons. The Hall–Kier alpha value is -2.81. The first kappa shape index (κ1) is 18.0. The largest absolute Gasteiger partial charge is 0.364 e. The van der Waals surface area contributed by atoms with E-state index >= 15 is 0 Å². The van der Waals surface area contributed by atoms with Crippen molar-refractivity contribution in [3.8, 4) is 0 Å². The molecule has 1 aliphatic heterocycles. The molecule has 1 atom stereocenters. The molecule has 0 aliphatic carbocycles. The number of nitrogens with one attached hydrogen (secondary N) is 1. The maximum Gasteiger partial charge on any atom is 0.271 e. The molecule has 3 rings (SSSR count). The van der Waals surface area contributed by atoms with Crippen molar-refractivity contribution in [3.05, 3.63) is 35.7 Å². The number of hydrogen-bond donors (Lipinski definition) is 2. The highest BCUT2D eigenvalue weighted by Gasteiger charge is 2.48. The lowest BCUT2D eigenvalue weighted by atomic mass is 10.1. The number of carbonyl (C=O) groups excluding carboxylic acids is 3. The van der Waals surface area contributed by atoms with Gasteiger partial charge in [0.2, 0.25) is 5.91 Å². The van der Waals surface area contributed by atoms with Crippen molar-refractivity contribution in [2.45, 2.75) is 23.5 Å². The summed E-state index contributed by atoms with van der Waals surface area (Å²) in [6.07, 6.45) is 0. The zero-order chi connectivity index (χ0) is 19.2. The van der Waals surface area contributed by atoms with E-state index in [4.69, 9.17) is 5.73 Å². The molecule has 0 saturated carbocycles. The average Bonchev–Trinajstić information content (AvgIpc) is 2.88. The molecule has 9 heteroatoms. The van der Waals surface area contributed by atoms with Gasteiger partial charge >= 0.3 is 0 Å². The Morgan fingerprint density at radius 1 is 1.27 bits per heavy atom. The second kappa shape index (κ2) is 6.17. The Bertz CT molecular complexity index is 938. The first-order chi connectivity index (χ1) is 12.2. The Kier molecular flexibility index (Phi) is 4.27. The van der Waals surface area contributed by atoms with Crippen LogP contribution in [0.2, 0.25) is 0 Å². The number of fused-ring (bicyclic) bond motifs is 1. The number of para-hydroxylation sites is 1. The fourth-order valence-corrected chi connectivity index (χ4v) is 4.08. The third kappa shape index (κ3) is 2.64. The zero-order valence-electron chi connectivity index (χ0n) is 14.9. The van der Waals surface area contributed by atoms with E-state index in [0.29, 0.717) is 5.69 Å². The van der Waals surface area contributed by atoms with Crippen molar-refractivity contribution in [3.63, 3.8) is 0 Å². The number of aryl methyl sites for hydroxylation is 1. The number of primary amides is 1. The summed E-state index contributed by atoms with van der Waals surface area (Å²) in [5, 5.41) is 6.71. The predicted octanol–water partition coefficient (Wildman–Crippen LogP) is 1.29. The third-order valence-corrected chi connectivity index (χ3v) is 5.83. The molecule has 1 aromatic heterocycles. The number of nitrogens with two attached hydrogens (primary N) is 1. The molecule has 1 aliphatic rings. The standard InChI is InChI=1S/C17H19N5O3S/c1-9-12(13(14(18)23)20-22(9)4)19-15(24)17(2)16(25)21(3)10-7-5-6-8-11(10)26-17/h5-8H,1-4H3,(H2,18,23)(H,19,24). The van der Waals surface area contributed by atoms with Crippen LogP contribution in [0, 0.1) is 6.92 Å². The Morgan fingerprint density at radius 3 is 2.58 bits per heavy atom. The van der Waals surface area contributed by atoms with Gasteiger partial charge in [-0.3, -0.25) is 19.1 Å². The summed E-state index contributed by atoms with van der Waals surface area (Å²) in [5.74, 6) is -1.63. The van der Waals surface area contributed by atoms with E-state index in [0.717, 1.165) is 10.6 Å². The van der Waals surface area contributed by atoms with Gasteiger partial charge in [0.1, 0.15) is 0 Å². The van der Waals surface area contributed by atoms with Crippen LogP contribution in [0.1, 0.15) is 23.1 Å². The Labute approximate surface area is 154 Å². The third-order valence-electron chi connectivity index (χ3n) is 4.49. The number of hydrogen-bond acceptors (Lipinski definition) is 5. The molecule has 26 heavy (non-hydrogen) atoms. The van der Waals surface area contributed by atoms with Crippen LogP contribution in [-0.4, -0.2) is 39.3 Å². The lowest BCUT2D eigenvalue weighted by Crippen LogP contribution is -2.53. The smallest absolute Gasteiger partial charge is 0.271 e. The Morgan fingerprint density at radius 2 is 1.92 bits per heavy atom. The van der Waals surface area contributed by atoms with Gasteiger partial charge in [-0.1, -0.05) is 23.9 Å². The van der Waals surface area contributed by atoms with Gasteiger partial charge in [-0.25, -0.2) is 0 Å². The summed E-state index contributed by atoms with van der Waals surface area (Å²) in [6.45, 7) is 3.27. The Balaban J connectivity index is 1.98. The van der Waals surface area contributed by atoms with E-state index in [-0.39, 0.29) is 17.3 Å². The van der Waals surface area contributed by atoms with Crippen molar-refractivity contribution in [1.82, 2.24) is 9.78 Å². The minimum absolute atomic E-state index is 0.0380. The van der Waals surface area contributed by atoms with Crippen LogP contribution in [0.4, 0.5) is 11.4 Å². The number of nitrogens with zero attached hydrogens (tertiary/aromatic N) is 3. The molecular formula is C17H19N5O3S. The van der Waals surface area contributed by atoms with Crippen LogP contribution in [-0.2, 0) is 16.6 Å². The summed E-state index contributed by atoms with van der Waals surface area (Å²) >= 11 is 1.18. The van der Waals surface area contributed by atoms with Gasteiger partial charge in [-0.05, 0) is 26.0 Å². The van der Waals surface area contributed by atoms with Crippen LogP contribution in [0.3, 0.4) is 0 Å². The molecule has 8 nitrogen and oxygen atoms in total. The van der Waals surface area contributed by atoms with E-state index in [1.807, 2.05) is 24.3 Å². The van der Waals surface area contributed by atoms with Crippen LogP contribution in [0.15, 0.2) is 29.2 Å². The second-order valence-corrected chi connectivity index (χ2v) is 7.68. The molecule has 1 aromatic carbocycles. The molecule has 0 fully saturated rings. The summed E-state index contributed by atoms with van der Waals surface area (Å²) in [5.41, 5.74) is 6.86. The lowest BCUT2D eigenvalue weighted by molar-refractivity contribution is -0.128. The van der Waals surface area contributed by atoms with Gasteiger partial charge in [-0.15, -0.1) is 0 Å². The molecule has 136 valence electrons. The van der Waals surface area contributed by atoms with E-state index in [1.54, 1.807) is 27.9 Å². The number of rotatable bonds is 3. The normalized spacial score (nSPS) is 19.2. The number of anilines is 2. The van der Waals surface area contributed by atoms with E-state index in [1.165, 1.54) is 21.3 Å². The van der Waals surface area contributed by atoms with Crippen LogP contribution in [0.5, 0.6) is 0 Å². The van der Waals surface area contributed by atoms with Crippen LogP contribution in [0.25, 0.3) is 0 Å². The molecule has 2 aromatic rings. The van der Waals surface area contributed by atoms with Crippen molar-refractivity contribution in [1.29, 1.82) is 0 Å². The number of carbonyl (C=O) groups is 3. The van der Waals surface area contributed by atoms with Gasteiger partial charge in [0.05, 0.1) is 17.1 Å². The first-order valence-electron chi connectivity index (χ1n) is 7.88. The number of thioether (sulfide) groups is 1. The number of aromatic nitrogens is 2. The molecule has 0 saturated heterocycles. The SMILES string of the molecule is Cc1c(NC(=O)C2(C)Sc3ccccc3N(C)C2=O)c(C(N)=O)nn1C.